The minimum atomic E-state index is -0.452. The summed E-state index contributed by atoms with van der Waals surface area (Å²) in [4.78, 5) is 24.2. The molecule has 4 nitrogen and oxygen atoms in total. The molecule has 0 spiro atoms. The molecule has 0 atom stereocenters. The lowest BCUT2D eigenvalue weighted by Gasteiger charge is -2.07. The molecule has 2 aromatic carbocycles. The van der Waals surface area contributed by atoms with E-state index in [0.29, 0.717) is 22.8 Å². The first-order chi connectivity index (χ1) is 13.6. The molecule has 0 radical (unpaired) electrons. The number of benzene rings is 2. The highest BCUT2D eigenvalue weighted by molar-refractivity contribution is 6.30. The van der Waals surface area contributed by atoms with Crippen LogP contribution in [-0.2, 0) is 16.1 Å². The largest absolute Gasteiger partial charge is 0.462 e. The van der Waals surface area contributed by atoms with Crippen LogP contribution < -0.4 is 0 Å². The molecule has 0 bridgehead atoms. The van der Waals surface area contributed by atoms with Gasteiger partial charge in [-0.1, -0.05) is 62.8 Å². The summed E-state index contributed by atoms with van der Waals surface area (Å²) in [6, 6.07) is 13.5. The lowest BCUT2D eigenvalue weighted by molar-refractivity contribution is 0.0466. The third kappa shape index (κ3) is 7.73. The minimum absolute atomic E-state index is 0.140. The molecule has 0 saturated heterocycles. The van der Waals surface area contributed by atoms with Crippen molar-refractivity contribution >= 4 is 23.5 Å². The SMILES string of the molecule is CCCCCCCCOC(=O)c1ccc(C(=O)OCc2cccc(Cl)c2)cc1. The molecular weight excluding hydrogens is 376 g/mol. The highest BCUT2D eigenvalue weighted by Gasteiger charge is 2.11. The van der Waals surface area contributed by atoms with Crippen LogP contribution in [0.1, 0.15) is 71.7 Å². The lowest BCUT2D eigenvalue weighted by atomic mass is 10.1. The van der Waals surface area contributed by atoms with E-state index in [0.717, 1.165) is 18.4 Å². The van der Waals surface area contributed by atoms with Crippen molar-refractivity contribution in [2.75, 3.05) is 6.61 Å². The number of carbonyl (C=O) groups excluding carboxylic acids is 2. The average molecular weight is 403 g/mol. The molecule has 0 N–H and O–H groups in total. The first kappa shape index (κ1) is 22.0. The molecule has 0 aromatic heterocycles. The second kappa shape index (κ2) is 12.2. The molecule has 150 valence electrons. The van der Waals surface area contributed by atoms with Crippen molar-refractivity contribution in [3.63, 3.8) is 0 Å². The molecular formula is C23H27ClO4. The maximum atomic E-state index is 12.1. The molecule has 0 heterocycles. The highest BCUT2D eigenvalue weighted by Crippen LogP contribution is 2.13. The van der Waals surface area contributed by atoms with Crippen molar-refractivity contribution in [1.82, 2.24) is 0 Å². The van der Waals surface area contributed by atoms with Gasteiger partial charge in [-0.25, -0.2) is 9.59 Å². The monoisotopic (exact) mass is 402 g/mol. The van der Waals surface area contributed by atoms with Gasteiger partial charge in [0.1, 0.15) is 6.61 Å². The highest BCUT2D eigenvalue weighted by atomic mass is 35.5. The summed E-state index contributed by atoms with van der Waals surface area (Å²) < 4.78 is 10.6. The van der Waals surface area contributed by atoms with Crippen molar-refractivity contribution in [2.24, 2.45) is 0 Å². The predicted molar refractivity (Wildman–Crippen MR) is 111 cm³/mol. The molecule has 0 aliphatic carbocycles. The number of esters is 2. The first-order valence-electron chi connectivity index (χ1n) is 9.79. The van der Waals surface area contributed by atoms with Crippen LogP contribution in [0.2, 0.25) is 5.02 Å². The summed E-state index contributed by atoms with van der Waals surface area (Å²) >= 11 is 5.91. The maximum Gasteiger partial charge on any atom is 0.338 e. The Morgan fingerprint density at radius 1 is 0.821 bits per heavy atom. The smallest absolute Gasteiger partial charge is 0.338 e. The zero-order valence-electron chi connectivity index (χ0n) is 16.3. The van der Waals surface area contributed by atoms with E-state index < -0.39 is 5.97 Å². The molecule has 0 fully saturated rings. The van der Waals surface area contributed by atoms with Crippen molar-refractivity contribution in [2.45, 2.75) is 52.1 Å². The second-order valence-electron chi connectivity index (χ2n) is 6.69. The number of hydrogen-bond donors (Lipinski definition) is 0. The third-order valence-corrected chi connectivity index (χ3v) is 4.58. The Hall–Kier alpha value is -2.33. The summed E-state index contributed by atoms with van der Waals surface area (Å²) in [5.74, 6) is -0.820. The second-order valence-corrected chi connectivity index (χ2v) is 7.12. The Bertz CT molecular complexity index is 755. The van der Waals surface area contributed by atoms with Crippen molar-refractivity contribution in [3.8, 4) is 0 Å². The van der Waals surface area contributed by atoms with Crippen LogP contribution in [0, 0.1) is 0 Å². The average Bonchev–Trinajstić information content (AvgIpc) is 2.71. The Balaban J connectivity index is 1.74. The van der Waals surface area contributed by atoms with Gasteiger partial charge in [0.25, 0.3) is 0 Å². The van der Waals surface area contributed by atoms with Crippen LogP contribution in [0.15, 0.2) is 48.5 Å². The number of unbranched alkanes of at least 4 members (excludes halogenated alkanes) is 5. The molecule has 0 saturated carbocycles. The van der Waals surface area contributed by atoms with Crippen LogP contribution in [0.3, 0.4) is 0 Å². The van der Waals surface area contributed by atoms with E-state index in [1.54, 1.807) is 42.5 Å². The van der Waals surface area contributed by atoms with Gasteiger partial charge >= 0.3 is 11.9 Å². The van der Waals surface area contributed by atoms with E-state index in [-0.39, 0.29) is 12.6 Å². The number of rotatable bonds is 11. The lowest BCUT2D eigenvalue weighted by Crippen LogP contribution is -2.08. The molecule has 2 rings (SSSR count). The van der Waals surface area contributed by atoms with Crippen LogP contribution >= 0.6 is 11.6 Å². The van der Waals surface area contributed by atoms with Gasteiger partial charge in [0.05, 0.1) is 17.7 Å². The standard InChI is InChI=1S/C23H27ClO4/c1-2-3-4-5-6-7-15-27-22(25)19-11-13-20(14-12-19)23(26)28-17-18-9-8-10-21(24)16-18/h8-14,16H,2-7,15,17H2,1H3. The predicted octanol–water partition coefficient (Wildman–Crippen LogP) is 6.21. The fraction of sp³-hybridized carbons (Fsp3) is 0.391. The van der Waals surface area contributed by atoms with Gasteiger partial charge in [0.15, 0.2) is 0 Å². The Labute approximate surface area is 171 Å². The van der Waals surface area contributed by atoms with E-state index in [2.05, 4.69) is 6.92 Å². The molecule has 0 aliphatic rings. The van der Waals surface area contributed by atoms with Gasteiger partial charge < -0.3 is 9.47 Å². The van der Waals surface area contributed by atoms with Gasteiger partial charge in [-0.05, 0) is 48.4 Å². The Morgan fingerprint density at radius 3 is 2.07 bits per heavy atom. The number of hydrogen-bond acceptors (Lipinski definition) is 4. The summed E-state index contributed by atoms with van der Waals surface area (Å²) in [6.07, 6.45) is 6.84. The fourth-order valence-corrected chi connectivity index (χ4v) is 2.94. The fourth-order valence-electron chi connectivity index (χ4n) is 2.73. The topological polar surface area (TPSA) is 52.6 Å². The summed E-state index contributed by atoms with van der Waals surface area (Å²) in [5.41, 5.74) is 1.63. The molecule has 28 heavy (non-hydrogen) atoms. The summed E-state index contributed by atoms with van der Waals surface area (Å²) in [7, 11) is 0. The van der Waals surface area contributed by atoms with Gasteiger partial charge in [-0.3, -0.25) is 0 Å². The van der Waals surface area contributed by atoms with Crippen LogP contribution in [0.5, 0.6) is 0 Å². The van der Waals surface area contributed by atoms with E-state index >= 15 is 0 Å². The third-order valence-electron chi connectivity index (χ3n) is 4.35. The zero-order chi connectivity index (χ0) is 20.2. The first-order valence-corrected chi connectivity index (χ1v) is 10.2. The quantitative estimate of drug-likeness (QED) is 0.331. The summed E-state index contributed by atoms with van der Waals surface area (Å²) in [6.45, 7) is 2.75. The number of halogens is 1. The Morgan fingerprint density at radius 2 is 1.43 bits per heavy atom. The molecule has 2 aromatic rings. The number of ether oxygens (including phenoxy) is 2. The van der Waals surface area contributed by atoms with Crippen molar-refractivity contribution in [1.29, 1.82) is 0 Å². The van der Waals surface area contributed by atoms with E-state index in [9.17, 15) is 9.59 Å². The van der Waals surface area contributed by atoms with Crippen LogP contribution in [0.4, 0.5) is 0 Å². The molecule has 0 aliphatic heterocycles. The molecule has 0 unspecified atom stereocenters. The van der Waals surface area contributed by atoms with Crippen LogP contribution in [0.25, 0.3) is 0 Å². The maximum absolute atomic E-state index is 12.1. The van der Waals surface area contributed by atoms with Crippen LogP contribution in [-0.4, -0.2) is 18.5 Å². The van der Waals surface area contributed by atoms with Gasteiger partial charge in [0, 0.05) is 5.02 Å². The van der Waals surface area contributed by atoms with Crippen molar-refractivity contribution in [3.05, 3.63) is 70.2 Å². The van der Waals surface area contributed by atoms with Gasteiger partial charge in [-0.2, -0.15) is 0 Å². The van der Waals surface area contributed by atoms with E-state index in [4.69, 9.17) is 21.1 Å². The van der Waals surface area contributed by atoms with E-state index in [1.807, 2.05) is 6.07 Å². The number of carbonyl (C=O) groups is 2. The molecule has 0 amide bonds. The zero-order valence-corrected chi connectivity index (χ0v) is 17.0. The Kier molecular flexibility index (Phi) is 9.56. The normalized spacial score (nSPS) is 10.5. The minimum Gasteiger partial charge on any atom is -0.462 e. The van der Waals surface area contributed by atoms with Gasteiger partial charge in [-0.15, -0.1) is 0 Å². The van der Waals surface area contributed by atoms with Crippen molar-refractivity contribution < 1.29 is 19.1 Å². The van der Waals surface area contributed by atoms with Gasteiger partial charge in [0.2, 0.25) is 0 Å². The molecule has 5 heteroatoms. The van der Waals surface area contributed by atoms with E-state index in [1.165, 1.54) is 25.7 Å². The summed E-state index contributed by atoms with van der Waals surface area (Å²) in [5, 5.41) is 0.595.